The third-order valence-corrected chi connectivity index (χ3v) is 5.23. The van der Waals surface area contributed by atoms with Gasteiger partial charge in [-0.25, -0.2) is 0 Å². The van der Waals surface area contributed by atoms with Gasteiger partial charge in [-0.2, -0.15) is 0 Å². The lowest BCUT2D eigenvalue weighted by atomic mass is 9.84. The van der Waals surface area contributed by atoms with Crippen LogP contribution in [-0.4, -0.2) is 36.7 Å². The number of fused-ring (bicyclic) bond motifs is 2. The van der Waals surface area contributed by atoms with Gasteiger partial charge in [0, 0.05) is 27.9 Å². The van der Waals surface area contributed by atoms with E-state index in [2.05, 4.69) is 5.32 Å². The van der Waals surface area contributed by atoms with E-state index >= 15 is 0 Å². The summed E-state index contributed by atoms with van der Waals surface area (Å²) in [7, 11) is 0. The molecule has 0 spiro atoms. The Balaban J connectivity index is 1.30. The van der Waals surface area contributed by atoms with Crippen molar-refractivity contribution in [1.29, 1.82) is 0 Å². The fourth-order valence-corrected chi connectivity index (χ4v) is 3.56. The maximum absolute atomic E-state index is 12.8. The lowest BCUT2D eigenvalue weighted by Gasteiger charge is -2.18. The van der Waals surface area contributed by atoms with Crippen molar-refractivity contribution in [1.82, 2.24) is 0 Å². The number of hydrogen-bond donors (Lipinski definition) is 1. The summed E-state index contributed by atoms with van der Waals surface area (Å²) in [5.41, 5.74) is 2.50. The number of esters is 1. The number of aryl methyl sites for hydroxylation is 1. The molecule has 0 aromatic heterocycles. The van der Waals surface area contributed by atoms with Crippen LogP contribution in [0.3, 0.4) is 0 Å². The molecule has 0 saturated carbocycles. The normalized spacial score (nSPS) is 11.9. The van der Waals surface area contributed by atoms with Crippen LogP contribution in [0.5, 0.6) is 5.75 Å². The number of carbonyl (C=O) groups is 4. The lowest BCUT2D eigenvalue weighted by molar-refractivity contribution is -0.147. The average Bonchev–Trinajstić information content (AvgIpc) is 2.82. The maximum Gasteiger partial charge on any atom is 0.309 e. The van der Waals surface area contributed by atoms with Crippen molar-refractivity contribution in [3.05, 3.63) is 94.5 Å². The van der Waals surface area contributed by atoms with Crippen molar-refractivity contribution in [3.8, 4) is 5.75 Å². The molecule has 166 valence electrons. The standard InChI is InChI=1S/C26H21NO6/c1-16-6-2-5-9-22(16)32-13-12-24(29)33-15-23(28)27-17-10-11-20-21(14-17)26(31)19-8-4-3-7-18(19)25(20)30/h2-11,14H,12-13,15H2,1H3,(H,27,28). The summed E-state index contributed by atoms with van der Waals surface area (Å²) in [5.74, 6) is -0.956. The second kappa shape index (κ2) is 9.48. The van der Waals surface area contributed by atoms with E-state index in [1.54, 1.807) is 24.3 Å². The van der Waals surface area contributed by atoms with Crippen molar-refractivity contribution in [2.24, 2.45) is 0 Å². The highest BCUT2D eigenvalue weighted by atomic mass is 16.5. The molecule has 0 saturated heterocycles. The Labute approximate surface area is 190 Å². The Hall–Kier alpha value is -4.26. The highest BCUT2D eigenvalue weighted by Gasteiger charge is 2.29. The minimum absolute atomic E-state index is 0.00349. The third-order valence-electron chi connectivity index (χ3n) is 5.23. The van der Waals surface area contributed by atoms with E-state index in [0.717, 1.165) is 5.56 Å². The van der Waals surface area contributed by atoms with Crippen molar-refractivity contribution in [3.63, 3.8) is 0 Å². The van der Waals surface area contributed by atoms with Crippen molar-refractivity contribution in [2.45, 2.75) is 13.3 Å². The number of ether oxygens (including phenoxy) is 2. The topological polar surface area (TPSA) is 98.8 Å². The summed E-state index contributed by atoms with van der Waals surface area (Å²) in [6.45, 7) is 1.56. The number of anilines is 1. The molecular formula is C26H21NO6. The SMILES string of the molecule is Cc1ccccc1OCCC(=O)OCC(=O)Nc1ccc2c(c1)C(=O)c1ccccc1C2=O. The quantitative estimate of drug-likeness (QED) is 0.437. The zero-order chi connectivity index (χ0) is 23.4. The maximum atomic E-state index is 12.8. The van der Waals surface area contributed by atoms with Crippen LogP contribution in [0, 0.1) is 6.92 Å². The number of nitrogens with one attached hydrogen (secondary N) is 1. The number of amides is 1. The first-order chi connectivity index (χ1) is 15.9. The Morgan fingerprint density at radius 3 is 2.18 bits per heavy atom. The van der Waals surface area contributed by atoms with Crippen LogP contribution >= 0.6 is 0 Å². The minimum atomic E-state index is -0.568. The molecule has 1 N–H and O–H groups in total. The predicted octanol–water partition coefficient (Wildman–Crippen LogP) is 3.72. The van der Waals surface area contributed by atoms with E-state index in [1.807, 2.05) is 31.2 Å². The zero-order valence-electron chi connectivity index (χ0n) is 17.9. The summed E-state index contributed by atoms with van der Waals surface area (Å²) >= 11 is 0. The molecule has 0 atom stereocenters. The van der Waals surface area contributed by atoms with Crippen molar-refractivity contribution < 1.29 is 28.7 Å². The lowest BCUT2D eigenvalue weighted by Crippen LogP contribution is -2.23. The molecule has 3 aromatic carbocycles. The van der Waals surface area contributed by atoms with Crippen molar-refractivity contribution in [2.75, 3.05) is 18.5 Å². The van der Waals surface area contributed by atoms with Gasteiger partial charge in [0.2, 0.25) is 0 Å². The van der Waals surface area contributed by atoms with E-state index in [9.17, 15) is 19.2 Å². The number of ketones is 2. The predicted molar refractivity (Wildman–Crippen MR) is 121 cm³/mol. The first-order valence-electron chi connectivity index (χ1n) is 10.4. The molecule has 0 aliphatic heterocycles. The Morgan fingerprint density at radius 2 is 1.45 bits per heavy atom. The van der Waals surface area contributed by atoms with Crippen LogP contribution in [-0.2, 0) is 14.3 Å². The van der Waals surface area contributed by atoms with Gasteiger partial charge in [-0.15, -0.1) is 0 Å². The van der Waals surface area contributed by atoms with Gasteiger partial charge in [0.1, 0.15) is 5.75 Å². The molecule has 0 radical (unpaired) electrons. The van der Waals surface area contributed by atoms with Crippen LogP contribution < -0.4 is 10.1 Å². The van der Waals surface area contributed by atoms with Crippen molar-refractivity contribution >= 4 is 29.1 Å². The molecule has 1 amide bonds. The summed E-state index contributed by atoms with van der Waals surface area (Å²) in [6, 6.07) is 18.6. The molecule has 0 unspecified atom stereocenters. The van der Waals surface area contributed by atoms with E-state index in [1.165, 1.54) is 18.2 Å². The molecule has 1 aliphatic carbocycles. The van der Waals surface area contributed by atoms with E-state index in [0.29, 0.717) is 22.6 Å². The molecule has 0 bridgehead atoms. The fraction of sp³-hybridized carbons (Fsp3) is 0.154. The molecule has 4 rings (SSSR count). The highest BCUT2D eigenvalue weighted by Crippen LogP contribution is 2.29. The van der Waals surface area contributed by atoms with E-state index < -0.39 is 18.5 Å². The number of carbonyl (C=O) groups excluding carboxylic acids is 4. The first-order valence-corrected chi connectivity index (χ1v) is 10.4. The van der Waals surface area contributed by atoms with Crippen LogP contribution in [0.2, 0.25) is 0 Å². The highest BCUT2D eigenvalue weighted by molar-refractivity contribution is 6.28. The molecule has 0 heterocycles. The van der Waals surface area contributed by atoms with Crippen LogP contribution in [0.4, 0.5) is 5.69 Å². The first kappa shape index (κ1) is 22.0. The molecule has 7 nitrogen and oxygen atoms in total. The third kappa shape index (κ3) is 4.82. The van der Waals surface area contributed by atoms with Gasteiger partial charge in [-0.3, -0.25) is 19.2 Å². The minimum Gasteiger partial charge on any atom is -0.493 e. The summed E-state index contributed by atoms with van der Waals surface area (Å²) in [5, 5.41) is 2.59. The Kier molecular flexibility index (Phi) is 6.31. The average molecular weight is 443 g/mol. The van der Waals surface area contributed by atoms with Gasteiger partial charge < -0.3 is 14.8 Å². The summed E-state index contributed by atoms with van der Waals surface area (Å²) in [4.78, 5) is 49.5. The van der Waals surface area contributed by atoms with Gasteiger partial charge >= 0.3 is 5.97 Å². The second-order valence-corrected chi connectivity index (χ2v) is 7.54. The van der Waals surface area contributed by atoms with Gasteiger partial charge in [-0.05, 0) is 36.8 Å². The van der Waals surface area contributed by atoms with Gasteiger partial charge in [0.25, 0.3) is 5.91 Å². The number of hydrogen-bond acceptors (Lipinski definition) is 6. The number of rotatable bonds is 7. The molecule has 0 fully saturated rings. The molecule has 1 aliphatic rings. The smallest absolute Gasteiger partial charge is 0.309 e. The van der Waals surface area contributed by atoms with E-state index in [-0.39, 0.29) is 35.7 Å². The Bertz CT molecular complexity index is 1260. The second-order valence-electron chi connectivity index (χ2n) is 7.54. The number of benzene rings is 3. The number of para-hydroxylation sites is 1. The Morgan fingerprint density at radius 1 is 0.818 bits per heavy atom. The zero-order valence-corrected chi connectivity index (χ0v) is 17.9. The monoisotopic (exact) mass is 443 g/mol. The van der Waals surface area contributed by atoms with Crippen LogP contribution in [0.25, 0.3) is 0 Å². The van der Waals surface area contributed by atoms with Gasteiger partial charge in [0.15, 0.2) is 18.2 Å². The molecule has 7 heteroatoms. The largest absolute Gasteiger partial charge is 0.493 e. The van der Waals surface area contributed by atoms with Gasteiger partial charge in [-0.1, -0.05) is 42.5 Å². The molecule has 3 aromatic rings. The van der Waals surface area contributed by atoms with Crippen LogP contribution in [0.15, 0.2) is 66.7 Å². The molecule has 33 heavy (non-hydrogen) atoms. The van der Waals surface area contributed by atoms with Crippen LogP contribution in [0.1, 0.15) is 43.8 Å². The van der Waals surface area contributed by atoms with Gasteiger partial charge in [0.05, 0.1) is 13.0 Å². The van der Waals surface area contributed by atoms with E-state index in [4.69, 9.17) is 9.47 Å². The fourth-order valence-electron chi connectivity index (χ4n) is 3.56. The summed E-state index contributed by atoms with van der Waals surface area (Å²) < 4.78 is 10.5. The summed E-state index contributed by atoms with van der Waals surface area (Å²) in [6.07, 6.45) is -0.00349. The molecular weight excluding hydrogens is 422 g/mol.